The van der Waals surface area contributed by atoms with Gasteiger partial charge in [-0.25, -0.2) is 0 Å². The van der Waals surface area contributed by atoms with Crippen molar-refractivity contribution in [3.8, 4) is 0 Å². The van der Waals surface area contributed by atoms with Crippen LogP contribution in [0.2, 0.25) is 0 Å². The summed E-state index contributed by atoms with van der Waals surface area (Å²) in [6.07, 6.45) is 24.4. The number of carbonyl (C=O) groups excluding carboxylic acids is 4. The quantitative estimate of drug-likeness (QED) is 0.0595. The van der Waals surface area contributed by atoms with Crippen LogP contribution in [0, 0.1) is 0 Å². The van der Waals surface area contributed by atoms with E-state index in [0.717, 1.165) is 84.0 Å². The van der Waals surface area contributed by atoms with Crippen LogP contribution in [0.4, 0.5) is 0 Å². The molecule has 47 heavy (non-hydrogen) atoms. The largest absolute Gasteiger partial charge is 2.00 e. The summed E-state index contributed by atoms with van der Waals surface area (Å²) < 4.78 is 0. The van der Waals surface area contributed by atoms with Gasteiger partial charge in [-0.3, -0.25) is 4.79 Å². The maximum atomic E-state index is 10.6. The van der Waals surface area contributed by atoms with Crippen molar-refractivity contribution in [2.75, 3.05) is 37.0 Å². The molecule has 0 aliphatic rings. The van der Waals surface area contributed by atoms with E-state index in [1.807, 2.05) is 0 Å². The molecule has 0 aromatic rings. The summed E-state index contributed by atoms with van der Waals surface area (Å²) in [7, 11) is -0.165. The zero-order chi connectivity index (χ0) is 34.1. The Bertz CT molecular complexity index is 679. The summed E-state index contributed by atoms with van der Waals surface area (Å²) in [5.41, 5.74) is 0. The summed E-state index contributed by atoms with van der Waals surface area (Å²) in [6.45, 7) is 1.08. The monoisotopic (exact) mass is 888 g/mol. The molecule has 0 heterocycles. The van der Waals surface area contributed by atoms with E-state index in [9.17, 15) is 39.6 Å². The van der Waals surface area contributed by atoms with Gasteiger partial charge in [0.25, 0.3) is 5.97 Å². The van der Waals surface area contributed by atoms with Gasteiger partial charge in [-0.2, -0.15) is 0 Å². The molecule has 0 aromatic carbocycles. The van der Waals surface area contributed by atoms with Crippen molar-refractivity contribution >= 4 is 45.7 Å². The summed E-state index contributed by atoms with van der Waals surface area (Å²) in [5, 5.41) is 49.9. The van der Waals surface area contributed by atoms with Crippen molar-refractivity contribution in [3.63, 3.8) is 0 Å². The first-order valence-corrected chi connectivity index (χ1v) is 20.7. The van der Waals surface area contributed by atoms with Gasteiger partial charge in [0.05, 0.1) is 0 Å². The minimum atomic E-state index is -0.974. The van der Waals surface area contributed by atoms with Crippen molar-refractivity contribution in [1.82, 2.24) is 0 Å². The van der Waals surface area contributed by atoms with Gasteiger partial charge in [0.15, 0.2) is 0 Å². The van der Waals surface area contributed by atoms with Crippen molar-refractivity contribution in [1.29, 1.82) is 0 Å². The van der Waals surface area contributed by atoms with E-state index in [-0.39, 0.29) is 82.4 Å². The first kappa shape index (κ1) is 53.3. The molecule has 0 saturated heterocycles. The first-order valence-electron chi connectivity index (χ1n) is 16.9. The Hall–Kier alpha value is -0.465. The molecule has 280 valence electrons. The Labute approximate surface area is 313 Å². The Morgan fingerprint density at radius 3 is 0.745 bits per heavy atom. The van der Waals surface area contributed by atoms with Crippen LogP contribution in [0.5, 0.6) is 0 Å². The molecule has 0 fully saturated rings. The topological polar surface area (TPSA) is 198 Å². The van der Waals surface area contributed by atoms with Gasteiger partial charge in [-0.05, 0) is 120 Å². The molecule has 0 aliphatic heterocycles. The molecule has 14 heteroatoms. The number of aliphatic carboxylic acids is 5. The summed E-state index contributed by atoms with van der Waals surface area (Å²) in [4.78, 5) is 51.5. The molecular weight excluding hydrogens is 831 g/mol. The molecule has 0 rings (SSSR count). The minimum absolute atomic E-state index is 0. The second-order valence-electron chi connectivity index (χ2n) is 11.7. The minimum Gasteiger partial charge on any atom is -0.550 e. The van der Waals surface area contributed by atoms with E-state index >= 15 is 0 Å². The molecular formula is C33H58O10P2Pd2. The van der Waals surface area contributed by atoms with Gasteiger partial charge < -0.3 is 44.7 Å². The molecule has 0 bridgehead atoms. The van der Waals surface area contributed by atoms with Crippen LogP contribution in [0.3, 0.4) is 0 Å². The molecule has 0 saturated carbocycles. The normalized spacial score (nSPS) is 10.4. The summed E-state index contributed by atoms with van der Waals surface area (Å²) in [5.74, 6) is -4.73. The predicted molar refractivity (Wildman–Crippen MR) is 173 cm³/mol. The maximum absolute atomic E-state index is 10.6. The van der Waals surface area contributed by atoms with Crippen molar-refractivity contribution in [2.24, 2.45) is 0 Å². The van der Waals surface area contributed by atoms with Crippen molar-refractivity contribution < 1.29 is 90.4 Å². The standard InChI is InChI=1S/C31H58O8P2.C2H4O2.2Pd/c32-28(33)18-9-1-5-13-22-40(23-14-6-2-10-19-29(34)35)26-17-27-41(24-15-7-3-11-20-30(36)37)25-16-8-4-12-21-31(38)39;1-2(3)4;;/h1-27H2,(H,32,33)(H,34,35)(H,36,37)(H,38,39);1H3,(H,3,4);;/q;;2*+2/p-4. The molecule has 0 radical (unpaired) electrons. The SMILES string of the molecule is CC(=O)O.O=C([O-])CCCCCCP(CCCCCCC(=O)[O-])CCCP(CCCCCCC(=O)[O-])CCCCCCC(=O)[O-].[Pd+2].[Pd+2]. The van der Waals surface area contributed by atoms with Gasteiger partial charge in [0.2, 0.25) is 0 Å². The zero-order valence-corrected chi connectivity index (χ0v) is 33.1. The van der Waals surface area contributed by atoms with E-state index in [4.69, 9.17) is 9.90 Å². The second-order valence-corrected chi connectivity index (χ2v) is 17.1. The maximum Gasteiger partial charge on any atom is 2.00 e. The summed E-state index contributed by atoms with van der Waals surface area (Å²) >= 11 is 0. The van der Waals surface area contributed by atoms with E-state index < -0.39 is 29.8 Å². The third-order valence-corrected chi connectivity index (χ3v) is 13.1. The van der Waals surface area contributed by atoms with Gasteiger partial charge in [0.1, 0.15) is 0 Å². The second kappa shape index (κ2) is 40.0. The number of carboxylic acid groups (broad SMARTS) is 5. The van der Waals surface area contributed by atoms with Gasteiger partial charge in [0, 0.05) is 30.8 Å². The first-order chi connectivity index (χ1) is 21.4. The average Bonchev–Trinajstić information content (AvgIpc) is 2.94. The number of hydrogen-bond acceptors (Lipinski definition) is 9. The number of carbonyl (C=O) groups is 5. The molecule has 0 amide bonds. The number of hydrogen-bond donors (Lipinski definition) is 1. The molecule has 0 spiro atoms. The van der Waals surface area contributed by atoms with E-state index in [2.05, 4.69) is 0 Å². The molecule has 10 nitrogen and oxygen atoms in total. The molecule has 0 aliphatic carbocycles. The van der Waals surface area contributed by atoms with Crippen molar-refractivity contribution in [2.45, 2.75) is 142 Å². The smallest absolute Gasteiger partial charge is 0.550 e. The van der Waals surface area contributed by atoms with E-state index in [0.29, 0.717) is 25.7 Å². The average molecular weight is 890 g/mol. The third-order valence-electron chi connectivity index (χ3n) is 7.37. The van der Waals surface area contributed by atoms with Crippen LogP contribution in [-0.4, -0.2) is 71.9 Å². The van der Waals surface area contributed by atoms with E-state index in [1.165, 1.54) is 43.4 Å². The van der Waals surface area contributed by atoms with Crippen LogP contribution < -0.4 is 20.4 Å². The Morgan fingerprint density at radius 2 is 0.553 bits per heavy atom. The molecule has 0 atom stereocenters. The van der Waals surface area contributed by atoms with Crippen LogP contribution in [0.1, 0.15) is 142 Å². The van der Waals surface area contributed by atoms with Crippen LogP contribution >= 0.6 is 15.8 Å². The fraction of sp³-hybridized carbons (Fsp3) is 0.848. The number of carboxylic acids is 5. The fourth-order valence-corrected chi connectivity index (χ4v) is 10.5. The fourth-order valence-electron chi connectivity index (χ4n) is 5.02. The van der Waals surface area contributed by atoms with Crippen molar-refractivity contribution in [3.05, 3.63) is 0 Å². The van der Waals surface area contributed by atoms with Gasteiger partial charge in [-0.1, -0.05) is 51.4 Å². The summed E-state index contributed by atoms with van der Waals surface area (Å²) in [6, 6.07) is 0. The predicted octanol–water partition coefficient (Wildman–Crippen LogP) is 3.23. The van der Waals surface area contributed by atoms with Gasteiger partial charge in [-0.15, -0.1) is 15.8 Å². The Balaban J connectivity index is -0.00000145. The number of unbranched alkanes of at least 4 members (excludes halogenated alkanes) is 12. The molecule has 1 N–H and O–H groups in total. The van der Waals surface area contributed by atoms with Gasteiger partial charge >= 0.3 is 40.8 Å². The number of rotatable bonds is 32. The van der Waals surface area contributed by atoms with E-state index in [1.54, 1.807) is 0 Å². The van der Waals surface area contributed by atoms with Crippen LogP contribution in [0.25, 0.3) is 0 Å². The third kappa shape index (κ3) is 50.0. The van der Waals surface area contributed by atoms with Crippen LogP contribution in [-0.2, 0) is 64.8 Å². The Morgan fingerprint density at radius 1 is 0.383 bits per heavy atom. The molecule has 0 aromatic heterocycles. The molecule has 0 unspecified atom stereocenters. The van der Waals surface area contributed by atoms with Crippen LogP contribution in [0.15, 0.2) is 0 Å². The Kier molecular flexibility index (Phi) is 45.4. The zero-order valence-electron chi connectivity index (χ0n) is 28.2.